The van der Waals surface area contributed by atoms with Crippen LogP contribution in [0.15, 0.2) is 65.6 Å². The summed E-state index contributed by atoms with van der Waals surface area (Å²) in [5.74, 6) is 0. The number of nitrogens with zero attached hydrogens (tertiary/aromatic N) is 1. The number of aryl methyl sites for hydroxylation is 1. The van der Waals surface area contributed by atoms with Gasteiger partial charge in [-0.25, -0.2) is 8.42 Å². The molecule has 0 spiro atoms. The Labute approximate surface area is 190 Å². The summed E-state index contributed by atoms with van der Waals surface area (Å²) >= 11 is 0. The van der Waals surface area contributed by atoms with E-state index in [1.54, 1.807) is 16.4 Å². The highest BCUT2D eigenvalue weighted by Crippen LogP contribution is 2.38. The van der Waals surface area contributed by atoms with Gasteiger partial charge in [0.1, 0.15) is 0 Å². The van der Waals surface area contributed by atoms with Crippen LogP contribution in [0.2, 0.25) is 18.1 Å². The topological polar surface area (TPSA) is 46.6 Å². The van der Waals surface area contributed by atoms with Gasteiger partial charge in [-0.05, 0) is 62.5 Å². The van der Waals surface area contributed by atoms with E-state index < -0.39 is 18.3 Å². The number of rotatable bonds is 9. The van der Waals surface area contributed by atoms with E-state index in [1.807, 2.05) is 32.1 Å². The molecule has 4 nitrogen and oxygen atoms in total. The molecular formula is C25H39NO3SSi. The summed E-state index contributed by atoms with van der Waals surface area (Å²) in [6.07, 6.45) is 5.22. The van der Waals surface area contributed by atoms with E-state index >= 15 is 0 Å². The van der Waals surface area contributed by atoms with Gasteiger partial charge < -0.3 is 4.43 Å². The van der Waals surface area contributed by atoms with Crippen LogP contribution in [0.5, 0.6) is 0 Å². The molecule has 0 radical (unpaired) electrons. The molecule has 6 heteroatoms. The minimum Gasteiger partial charge on any atom is -0.411 e. The van der Waals surface area contributed by atoms with Crippen molar-refractivity contribution in [2.24, 2.45) is 0 Å². The van der Waals surface area contributed by atoms with Crippen molar-refractivity contribution >= 4 is 18.3 Å². The van der Waals surface area contributed by atoms with Crippen molar-refractivity contribution in [3.8, 4) is 0 Å². The van der Waals surface area contributed by atoms with Gasteiger partial charge in [0.2, 0.25) is 10.0 Å². The standard InChI is InChI=1S/C25H39NO3SSi/c1-10-23(29-31(8,9)25(5,6)7)14-13-22-17-21(19(2)3)18-26(22)30(27,28)24-15-11-20(4)12-16-24/h10-12,15-17,22-23H,1-2,13-14,18H2,3-9H3. The fraction of sp³-hybridized carbons (Fsp3) is 0.520. The molecule has 0 bridgehead atoms. The zero-order valence-corrected chi connectivity index (χ0v) is 22.1. The second kappa shape index (κ2) is 9.57. The minimum absolute atomic E-state index is 0.0906. The molecule has 0 N–H and O–H groups in total. The maximum Gasteiger partial charge on any atom is 0.243 e. The summed E-state index contributed by atoms with van der Waals surface area (Å²) in [7, 11) is -5.54. The molecule has 0 fully saturated rings. The SMILES string of the molecule is C=CC(CCC1C=C(C(=C)C)CN1S(=O)(=O)c1ccc(C)cc1)O[Si](C)(C)C(C)(C)C. The number of sulfonamides is 1. The fourth-order valence-corrected chi connectivity index (χ4v) is 6.29. The molecule has 1 aliphatic heterocycles. The molecule has 1 aromatic rings. The maximum absolute atomic E-state index is 13.4. The number of hydrogen-bond acceptors (Lipinski definition) is 3. The summed E-state index contributed by atoms with van der Waals surface area (Å²) < 4.78 is 35.0. The predicted octanol–water partition coefficient (Wildman–Crippen LogP) is 6.23. The Morgan fingerprint density at radius 1 is 1.29 bits per heavy atom. The van der Waals surface area contributed by atoms with Crippen molar-refractivity contribution in [3.63, 3.8) is 0 Å². The molecule has 31 heavy (non-hydrogen) atoms. The largest absolute Gasteiger partial charge is 0.411 e. The van der Waals surface area contributed by atoms with Crippen molar-refractivity contribution in [2.45, 2.75) is 82.6 Å². The van der Waals surface area contributed by atoms with Crippen molar-refractivity contribution in [3.05, 3.63) is 66.3 Å². The molecule has 2 unspecified atom stereocenters. The molecule has 2 atom stereocenters. The van der Waals surface area contributed by atoms with Crippen molar-refractivity contribution in [1.29, 1.82) is 0 Å². The highest BCUT2D eigenvalue weighted by atomic mass is 32.2. The van der Waals surface area contributed by atoms with Gasteiger partial charge in [0.15, 0.2) is 8.32 Å². The molecule has 1 heterocycles. The average Bonchev–Trinajstić information content (AvgIpc) is 3.10. The normalized spacial score (nSPS) is 19.2. The van der Waals surface area contributed by atoms with E-state index in [-0.39, 0.29) is 17.2 Å². The van der Waals surface area contributed by atoms with Crippen LogP contribution in [0.25, 0.3) is 0 Å². The molecule has 172 valence electrons. The van der Waals surface area contributed by atoms with Crippen LogP contribution in [0.4, 0.5) is 0 Å². The second-order valence-corrected chi connectivity index (χ2v) is 16.8. The lowest BCUT2D eigenvalue weighted by atomic mass is 10.1. The summed E-state index contributed by atoms with van der Waals surface area (Å²) in [6, 6.07) is 6.84. The third-order valence-electron chi connectivity index (χ3n) is 6.53. The molecule has 1 aromatic carbocycles. The quantitative estimate of drug-likeness (QED) is 0.324. The summed E-state index contributed by atoms with van der Waals surface area (Å²) in [6.45, 7) is 23.4. The van der Waals surface area contributed by atoms with Crippen LogP contribution in [0.3, 0.4) is 0 Å². The smallest absolute Gasteiger partial charge is 0.243 e. The van der Waals surface area contributed by atoms with E-state index in [4.69, 9.17) is 4.43 Å². The maximum atomic E-state index is 13.4. The van der Waals surface area contributed by atoms with Gasteiger partial charge in [-0.2, -0.15) is 4.31 Å². The van der Waals surface area contributed by atoms with Crippen LogP contribution in [-0.2, 0) is 14.4 Å². The summed E-state index contributed by atoms with van der Waals surface area (Å²) in [4.78, 5) is 0.331. The molecule has 0 aliphatic carbocycles. The Kier molecular flexibility index (Phi) is 7.96. The van der Waals surface area contributed by atoms with Crippen LogP contribution in [-0.4, -0.2) is 39.7 Å². The summed E-state index contributed by atoms with van der Waals surface area (Å²) in [5, 5.41) is 0.107. The van der Waals surface area contributed by atoms with Crippen molar-refractivity contribution < 1.29 is 12.8 Å². The third kappa shape index (κ3) is 6.07. The first-order chi connectivity index (χ1) is 14.2. The van der Waals surface area contributed by atoms with Crippen LogP contribution < -0.4 is 0 Å². The molecule has 0 amide bonds. The zero-order valence-electron chi connectivity index (χ0n) is 20.2. The Balaban J connectivity index is 2.23. The van der Waals surface area contributed by atoms with Gasteiger partial charge in [-0.1, -0.05) is 62.8 Å². The monoisotopic (exact) mass is 461 g/mol. The third-order valence-corrected chi connectivity index (χ3v) is 12.9. The molecule has 0 saturated carbocycles. The number of hydrogen-bond donors (Lipinski definition) is 0. The van der Waals surface area contributed by atoms with Gasteiger partial charge in [-0.15, -0.1) is 6.58 Å². The van der Waals surface area contributed by atoms with Gasteiger partial charge in [0, 0.05) is 12.6 Å². The second-order valence-electron chi connectivity index (χ2n) is 10.1. The van der Waals surface area contributed by atoms with E-state index in [0.717, 1.165) is 23.1 Å². The van der Waals surface area contributed by atoms with E-state index in [0.29, 0.717) is 17.9 Å². The highest BCUT2D eigenvalue weighted by Gasteiger charge is 2.40. The average molecular weight is 462 g/mol. The Morgan fingerprint density at radius 3 is 2.35 bits per heavy atom. The summed E-state index contributed by atoms with van der Waals surface area (Å²) in [5.41, 5.74) is 2.93. The number of benzene rings is 1. The molecular weight excluding hydrogens is 422 g/mol. The van der Waals surface area contributed by atoms with E-state index in [2.05, 4.69) is 53.1 Å². The lowest BCUT2D eigenvalue weighted by molar-refractivity contribution is 0.204. The first kappa shape index (κ1) is 25.8. The van der Waals surface area contributed by atoms with Gasteiger partial charge in [0.05, 0.1) is 11.0 Å². The van der Waals surface area contributed by atoms with Crippen LogP contribution in [0, 0.1) is 6.92 Å². The van der Waals surface area contributed by atoms with Gasteiger partial charge in [-0.3, -0.25) is 0 Å². The predicted molar refractivity (Wildman–Crippen MR) is 133 cm³/mol. The molecule has 2 rings (SSSR count). The van der Waals surface area contributed by atoms with Crippen molar-refractivity contribution in [2.75, 3.05) is 6.54 Å². The van der Waals surface area contributed by atoms with Crippen LogP contribution >= 0.6 is 0 Å². The first-order valence-electron chi connectivity index (χ1n) is 10.9. The lowest BCUT2D eigenvalue weighted by Crippen LogP contribution is -2.44. The zero-order chi connectivity index (χ0) is 23.6. The highest BCUT2D eigenvalue weighted by molar-refractivity contribution is 7.89. The van der Waals surface area contributed by atoms with Gasteiger partial charge in [0.25, 0.3) is 0 Å². The fourth-order valence-electron chi connectivity index (χ4n) is 3.38. The molecule has 0 saturated heterocycles. The Morgan fingerprint density at radius 2 is 1.87 bits per heavy atom. The molecule has 1 aliphatic rings. The Bertz CT molecular complexity index is 940. The van der Waals surface area contributed by atoms with E-state index in [9.17, 15) is 8.42 Å². The van der Waals surface area contributed by atoms with Gasteiger partial charge >= 0.3 is 0 Å². The Hall–Kier alpha value is -1.47. The molecule has 0 aromatic heterocycles. The van der Waals surface area contributed by atoms with Crippen LogP contribution in [0.1, 0.15) is 46.1 Å². The minimum atomic E-state index is -3.60. The first-order valence-corrected chi connectivity index (χ1v) is 15.3. The lowest BCUT2D eigenvalue weighted by Gasteiger charge is -2.39. The van der Waals surface area contributed by atoms with E-state index in [1.165, 1.54) is 0 Å². The van der Waals surface area contributed by atoms with Crippen molar-refractivity contribution in [1.82, 2.24) is 4.31 Å².